The molecule has 6 nitrogen and oxygen atoms in total. The molecule has 1 N–H and O–H groups in total. The van der Waals surface area contributed by atoms with E-state index < -0.39 is 11.4 Å². The van der Waals surface area contributed by atoms with Crippen LogP contribution in [0.5, 0.6) is 0 Å². The maximum Gasteiger partial charge on any atom is 0.266 e. The molecule has 4 aromatic rings. The topological polar surface area (TPSA) is 63.1 Å². The molecular formula is C26H23ClFN5O. The van der Waals surface area contributed by atoms with Gasteiger partial charge in [-0.2, -0.15) is 0 Å². The molecule has 2 aromatic heterocycles. The number of aromatic nitrogens is 3. The van der Waals surface area contributed by atoms with Crippen molar-refractivity contribution >= 4 is 34.1 Å². The molecule has 0 unspecified atom stereocenters. The Morgan fingerprint density at radius 2 is 2.03 bits per heavy atom. The van der Waals surface area contributed by atoms with E-state index >= 15 is 0 Å². The number of nitrogens with zero attached hydrogens (tertiary/aromatic N) is 4. The Bertz CT molecular complexity index is 1510. The van der Waals surface area contributed by atoms with Crippen molar-refractivity contribution in [3.05, 3.63) is 86.7 Å². The summed E-state index contributed by atoms with van der Waals surface area (Å²) in [6, 6.07) is 10.8. The Labute approximate surface area is 201 Å². The first-order valence-electron chi connectivity index (χ1n) is 11.3. The molecule has 0 amide bonds. The van der Waals surface area contributed by atoms with Gasteiger partial charge in [-0.1, -0.05) is 23.7 Å². The third kappa shape index (κ3) is 3.38. The van der Waals surface area contributed by atoms with E-state index in [4.69, 9.17) is 11.6 Å². The number of anilines is 2. The van der Waals surface area contributed by atoms with E-state index in [0.29, 0.717) is 27.8 Å². The Kier molecular flexibility index (Phi) is 4.76. The van der Waals surface area contributed by atoms with Crippen LogP contribution in [0, 0.1) is 12.7 Å². The molecular weight excluding hydrogens is 453 g/mol. The summed E-state index contributed by atoms with van der Waals surface area (Å²) in [6.45, 7) is 3.87. The molecule has 2 aromatic carbocycles. The normalized spacial score (nSPS) is 16.6. The number of likely N-dealkylation sites (N-methyl/N-ethyl adjacent to an activating group) is 1. The van der Waals surface area contributed by atoms with E-state index in [1.165, 1.54) is 46.9 Å². The van der Waals surface area contributed by atoms with Crippen LogP contribution in [0.25, 0.3) is 16.6 Å². The van der Waals surface area contributed by atoms with E-state index in [1.54, 1.807) is 12.3 Å². The fourth-order valence-corrected chi connectivity index (χ4v) is 5.46. The number of fused-ring (bicyclic) bond motifs is 3. The zero-order valence-corrected chi connectivity index (χ0v) is 19.7. The van der Waals surface area contributed by atoms with Crippen molar-refractivity contribution in [3.63, 3.8) is 0 Å². The van der Waals surface area contributed by atoms with Gasteiger partial charge in [0.05, 0.1) is 15.9 Å². The van der Waals surface area contributed by atoms with E-state index in [1.807, 2.05) is 6.92 Å². The van der Waals surface area contributed by atoms with Crippen LogP contribution in [0.15, 0.2) is 53.6 Å². The molecule has 8 heteroatoms. The number of aryl methyl sites for hydroxylation is 1. The molecule has 1 aliphatic carbocycles. The number of hydrogen-bond acceptors (Lipinski definition) is 5. The summed E-state index contributed by atoms with van der Waals surface area (Å²) >= 11 is 6.19. The van der Waals surface area contributed by atoms with Crippen molar-refractivity contribution in [3.8, 4) is 5.69 Å². The monoisotopic (exact) mass is 475 g/mol. The lowest BCUT2D eigenvalue weighted by atomic mass is 9.87. The molecule has 34 heavy (non-hydrogen) atoms. The minimum atomic E-state index is -0.571. The maximum atomic E-state index is 14.5. The van der Waals surface area contributed by atoms with E-state index in [9.17, 15) is 9.18 Å². The minimum absolute atomic E-state index is 0.0221. The highest BCUT2D eigenvalue weighted by Gasteiger charge is 2.48. The number of benzene rings is 2. The average molecular weight is 476 g/mol. The Morgan fingerprint density at radius 1 is 1.21 bits per heavy atom. The molecule has 0 radical (unpaired) electrons. The van der Waals surface area contributed by atoms with Crippen LogP contribution in [0.3, 0.4) is 0 Å². The fourth-order valence-electron chi connectivity index (χ4n) is 5.20. The summed E-state index contributed by atoms with van der Waals surface area (Å²) < 4.78 is 15.7. The number of pyridine rings is 1. The molecule has 2 aliphatic rings. The first kappa shape index (κ1) is 21.3. The summed E-state index contributed by atoms with van der Waals surface area (Å²) in [5.74, 6) is -0.166. The number of hydrogen-bond donors (Lipinski definition) is 1. The van der Waals surface area contributed by atoms with Gasteiger partial charge in [0.15, 0.2) is 0 Å². The SMILES string of the molecule is Cc1cn(-c2c(F)cccc2Cl)c(=O)c2cnc(Nc3ccc4c(c3)CN(C)CC43CC3)nc12. The zero-order valence-electron chi connectivity index (χ0n) is 18.9. The predicted molar refractivity (Wildman–Crippen MR) is 132 cm³/mol. The first-order chi connectivity index (χ1) is 16.3. The van der Waals surface area contributed by atoms with Crippen molar-refractivity contribution in [2.24, 2.45) is 0 Å². The molecule has 3 heterocycles. The summed E-state index contributed by atoms with van der Waals surface area (Å²) in [5.41, 5.74) is 4.85. The van der Waals surface area contributed by atoms with Crippen LogP contribution in [0.1, 0.15) is 29.5 Å². The van der Waals surface area contributed by atoms with Crippen molar-refractivity contribution in [1.82, 2.24) is 19.4 Å². The number of rotatable bonds is 3. The molecule has 6 rings (SSSR count). The minimum Gasteiger partial charge on any atom is -0.324 e. The largest absolute Gasteiger partial charge is 0.324 e. The van der Waals surface area contributed by atoms with Crippen LogP contribution >= 0.6 is 11.6 Å². The predicted octanol–water partition coefficient (Wildman–Crippen LogP) is 5.10. The summed E-state index contributed by atoms with van der Waals surface area (Å²) in [4.78, 5) is 24.5. The van der Waals surface area contributed by atoms with Gasteiger partial charge in [-0.25, -0.2) is 14.4 Å². The second-order valence-corrected chi connectivity index (χ2v) is 9.87. The van der Waals surface area contributed by atoms with Gasteiger partial charge in [-0.3, -0.25) is 9.36 Å². The van der Waals surface area contributed by atoms with Crippen molar-refractivity contribution in [2.75, 3.05) is 18.9 Å². The number of halogens is 2. The van der Waals surface area contributed by atoms with Crippen LogP contribution < -0.4 is 10.9 Å². The fraction of sp³-hybridized carbons (Fsp3) is 0.269. The quantitative estimate of drug-likeness (QED) is 0.446. The van der Waals surface area contributed by atoms with Gasteiger partial charge in [0, 0.05) is 36.6 Å². The van der Waals surface area contributed by atoms with Gasteiger partial charge in [-0.15, -0.1) is 0 Å². The highest BCUT2D eigenvalue weighted by Crippen LogP contribution is 2.52. The summed E-state index contributed by atoms with van der Waals surface area (Å²) in [5, 5.41) is 3.75. The maximum absolute atomic E-state index is 14.5. The summed E-state index contributed by atoms with van der Waals surface area (Å²) in [6.07, 6.45) is 5.55. The second-order valence-electron chi connectivity index (χ2n) is 9.46. The molecule has 0 saturated heterocycles. The van der Waals surface area contributed by atoms with Gasteiger partial charge < -0.3 is 10.2 Å². The molecule has 1 saturated carbocycles. The van der Waals surface area contributed by atoms with E-state index in [-0.39, 0.29) is 10.7 Å². The zero-order chi connectivity index (χ0) is 23.6. The third-order valence-electron chi connectivity index (χ3n) is 6.91. The molecule has 1 fully saturated rings. The van der Waals surface area contributed by atoms with Gasteiger partial charge in [0.25, 0.3) is 5.56 Å². The Morgan fingerprint density at radius 3 is 2.79 bits per heavy atom. The Hall–Kier alpha value is -3.29. The molecule has 172 valence electrons. The van der Waals surface area contributed by atoms with Crippen molar-refractivity contribution < 1.29 is 4.39 Å². The highest BCUT2D eigenvalue weighted by atomic mass is 35.5. The second kappa shape index (κ2) is 7.61. The van der Waals surface area contributed by atoms with Gasteiger partial charge in [-0.05, 0) is 67.8 Å². The molecule has 1 aliphatic heterocycles. The lowest BCUT2D eigenvalue weighted by molar-refractivity contribution is 0.271. The van der Waals surface area contributed by atoms with Crippen LogP contribution in [0.4, 0.5) is 16.0 Å². The smallest absolute Gasteiger partial charge is 0.266 e. The standard InChI is InChI=1S/C26H23ClFN5O/c1-15-12-33(23-20(27)4-3-5-21(23)28)24(34)18-11-29-25(31-22(15)18)30-17-6-7-19-16(10-17)13-32(2)14-26(19)8-9-26/h3-7,10-12H,8-9,13-14H2,1-2H3,(H,29,30,31). The number of para-hydroxylation sites is 1. The van der Waals surface area contributed by atoms with Crippen LogP contribution in [-0.4, -0.2) is 33.0 Å². The van der Waals surface area contributed by atoms with Crippen LogP contribution in [0.2, 0.25) is 5.02 Å². The lowest BCUT2D eigenvalue weighted by Crippen LogP contribution is -2.35. The third-order valence-corrected chi connectivity index (χ3v) is 7.22. The first-order valence-corrected chi connectivity index (χ1v) is 11.6. The van der Waals surface area contributed by atoms with Gasteiger partial charge in [0.2, 0.25) is 5.95 Å². The van der Waals surface area contributed by atoms with E-state index in [0.717, 1.165) is 18.8 Å². The highest BCUT2D eigenvalue weighted by molar-refractivity contribution is 6.32. The molecule has 0 atom stereocenters. The van der Waals surface area contributed by atoms with Crippen LogP contribution in [-0.2, 0) is 12.0 Å². The average Bonchev–Trinajstić information content (AvgIpc) is 3.56. The lowest BCUT2D eigenvalue weighted by Gasteiger charge is -2.32. The van der Waals surface area contributed by atoms with E-state index in [2.05, 4.69) is 45.4 Å². The molecule has 0 bridgehead atoms. The van der Waals surface area contributed by atoms with Gasteiger partial charge >= 0.3 is 0 Å². The molecule has 1 spiro atoms. The Balaban J connectivity index is 1.37. The van der Waals surface area contributed by atoms with Crippen molar-refractivity contribution in [1.29, 1.82) is 0 Å². The van der Waals surface area contributed by atoms with Crippen molar-refractivity contribution in [2.45, 2.75) is 31.7 Å². The number of nitrogens with one attached hydrogen (secondary N) is 1. The summed E-state index contributed by atoms with van der Waals surface area (Å²) in [7, 11) is 2.17. The van der Waals surface area contributed by atoms with Gasteiger partial charge in [0.1, 0.15) is 11.5 Å².